The normalized spacial score (nSPS) is 15.6. The van der Waals surface area contributed by atoms with Crippen LogP contribution in [-0.2, 0) is 27.1 Å². The van der Waals surface area contributed by atoms with Crippen LogP contribution in [0.1, 0.15) is 130 Å². The van der Waals surface area contributed by atoms with Gasteiger partial charge in [0.25, 0.3) is 6.71 Å². The molecule has 0 N–H and O–H groups in total. The van der Waals surface area contributed by atoms with Gasteiger partial charge in [-0.05, 0) is 257 Å². The van der Waals surface area contributed by atoms with Gasteiger partial charge in [0.15, 0.2) is 0 Å². The molecule has 116 heavy (non-hydrogen) atoms. The quantitative estimate of drug-likeness (QED) is 0.134. The Bertz CT molecular complexity index is 6760. The molecule has 3 aromatic heterocycles. The fourth-order valence-electron chi connectivity index (χ4n) is 20.9. The molecule has 0 spiro atoms. The van der Waals surface area contributed by atoms with Gasteiger partial charge >= 0.3 is 0 Å². The lowest BCUT2D eigenvalue weighted by molar-refractivity contribution is 0.332. The molecule has 22 rings (SSSR count). The highest BCUT2D eigenvalue weighted by atomic mass is 15.2. The van der Waals surface area contributed by atoms with Crippen LogP contribution >= 0.6 is 0 Å². The number of anilines is 6. The molecule has 562 valence electrons. The molecule has 5 heterocycles. The minimum Gasteiger partial charge on any atom is -0.311 e. The first-order chi connectivity index (χ1) is 56.1. The van der Waals surface area contributed by atoms with E-state index in [0.717, 1.165) is 80.6 Å². The molecular weight excluding hydrogens is 1400 g/mol. The Morgan fingerprint density at radius 2 is 0.552 bits per heavy atom. The number of fused-ring (bicyclic) bond motifs is 15. The van der Waals surface area contributed by atoms with E-state index in [4.69, 9.17) is 0 Å². The van der Waals surface area contributed by atoms with Crippen molar-refractivity contribution >= 4 is 123 Å². The van der Waals surface area contributed by atoms with E-state index in [1.165, 1.54) is 150 Å². The fraction of sp³-hybridized carbons (Fsp3) is 0.182. The molecule has 18 aromatic rings. The van der Waals surface area contributed by atoms with Crippen molar-refractivity contribution in [2.75, 3.05) is 9.80 Å². The highest BCUT2D eigenvalue weighted by molar-refractivity contribution is 7.00. The number of hydrogen-bond acceptors (Lipinski definition) is 2. The van der Waals surface area contributed by atoms with Crippen molar-refractivity contribution in [3.63, 3.8) is 0 Å². The van der Waals surface area contributed by atoms with Gasteiger partial charge in [-0.2, -0.15) is 0 Å². The first kappa shape index (κ1) is 70.0. The van der Waals surface area contributed by atoms with Crippen LogP contribution in [0.15, 0.2) is 322 Å². The Kier molecular flexibility index (Phi) is 15.4. The van der Waals surface area contributed by atoms with Crippen LogP contribution in [0.3, 0.4) is 0 Å². The van der Waals surface area contributed by atoms with Gasteiger partial charge < -0.3 is 23.5 Å². The van der Waals surface area contributed by atoms with Gasteiger partial charge in [0.05, 0.1) is 38.8 Å². The maximum Gasteiger partial charge on any atom is 0.252 e. The number of para-hydroxylation sites is 3. The van der Waals surface area contributed by atoms with Crippen LogP contribution in [-0.4, -0.2) is 20.4 Å². The summed E-state index contributed by atoms with van der Waals surface area (Å²) in [6.45, 7) is 26.3. The summed E-state index contributed by atoms with van der Waals surface area (Å²) in [6.07, 6.45) is 4.67. The summed E-state index contributed by atoms with van der Waals surface area (Å²) < 4.78 is 7.62. The first-order valence-corrected chi connectivity index (χ1v) is 41.9. The number of nitrogens with zero attached hydrogens (tertiary/aromatic N) is 5. The van der Waals surface area contributed by atoms with Crippen molar-refractivity contribution < 1.29 is 0 Å². The zero-order valence-electron chi connectivity index (χ0n) is 68.2. The van der Waals surface area contributed by atoms with Gasteiger partial charge in [0, 0.05) is 77.8 Å². The summed E-state index contributed by atoms with van der Waals surface area (Å²) in [5.74, 6) is 0. The Balaban J connectivity index is 0.828. The zero-order valence-corrected chi connectivity index (χ0v) is 68.2. The topological polar surface area (TPSA) is 21.3 Å². The van der Waals surface area contributed by atoms with E-state index >= 15 is 0 Å². The van der Waals surface area contributed by atoms with Crippen LogP contribution in [0.5, 0.6) is 0 Å². The number of hydrogen-bond donors (Lipinski definition) is 0. The van der Waals surface area contributed by atoms with E-state index < -0.39 is 0 Å². The molecule has 0 saturated carbocycles. The van der Waals surface area contributed by atoms with Gasteiger partial charge in [0.2, 0.25) is 0 Å². The summed E-state index contributed by atoms with van der Waals surface area (Å²) in [6, 6.07) is 124. The monoisotopic (exact) mass is 1500 g/mol. The molecular formula is C110H94BN5. The lowest BCUT2D eigenvalue weighted by atomic mass is 9.33. The van der Waals surface area contributed by atoms with Crippen molar-refractivity contribution in [2.45, 2.75) is 129 Å². The molecule has 4 aliphatic rings. The molecule has 0 atom stereocenters. The number of benzene rings is 15. The van der Waals surface area contributed by atoms with Crippen LogP contribution in [0.4, 0.5) is 34.1 Å². The molecule has 0 unspecified atom stereocenters. The molecule has 2 aliphatic heterocycles. The lowest BCUT2D eigenvalue weighted by Gasteiger charge is -2.44. The van der Waals surface area contributed by atoms with Crippen LogP contribution in [0.25, 0.3) is 127 Å². The SMILES string of the molecule is CC(C)(C)c1ccc2c(c1)c1ccccc1n2-c1cc2c3c(c1)N(c1ccc(-c4ccc5c(c4)C(C)(C)CCC5(C)C)cc1)c1cc(-n4c5ccccc5c5cc(-c6ccccc6)ccc54)ccc1B3c1ccc(-n3c4ccccc4c4cc(-c5ccccc5)ccc43)cc1N2c1ccc(-c2ccc3c(c2)C(C)(C)CCC3(C)C)cc1. The zero-order chi connectivity index (χ0) is 78.6. The smallest absolute Gasteiger partial charge is 0.252 e. The predicted octanol–water partition coefficient (Wildman–Crippen LogP) is 27.7. The Labute approximate surface area is 681 Å². The fourth-order valence-corrected chi connectivity index (χ4v) is 20.9. The molecule has 0 amide bonds. The average molecular weight is 1500 g/mol. The maximum atomic E-state index is 2.65. The predicted molar refractivity (Wildman–Crippen MR) is 494 cm³/mol. The molecule has 6 heteroatoms. The Hall–Kier alpha value is -12.6. The third kappa shape index (κ3) is 10.8. The largest absolute Gasteiger partial charge is 0.311 e. The van der Waals surface area contributed by atoms with Gasteiger partial charge in [-0.25, -0.2) is 0 Å². The van der Waals surface area contributed by atoms with E-state index in [1.54, 1.807) is 0 Å². The van der Waals surface area contributed by atoms with Crippen LogP contribution in [0.2, 0.25) is 0 Å². The van der Waals surface area contributed by atoms with Gasteiger partial charge in [-0.1, -0.05) is 282 Å². The summed E-state index contributed by atoms with van der Waals surface area (Å²) in [5, 5.41) is 7.37. The first-order valence-electron chi connectivity index (χ1n) is 41.9. The molecule has 5 nitrogen and oxygen atoms in total. The summed E-state index contributed by atoms with van der Waals surface area (Å²) in [5.41, 5.74) is 37.9. The number of rotatable bonds is 9. The summed E-state index contributed by atoms with van der Waals surface area (Å²) >= 11 is 0. The molecule has 0 fully saturated rings. The third-order valence-electron chi connectivity index (χ3n) is 27.5. The molecule has 15 aromatic carbocycles. The Morgan fingerprint density at radius 3 is 0.966 bits per heavy atom. The maximum absolute atomic E-state index is 2.65. The molecule has 2 aliphatic carbocycles. The van der Waals surface area contributed by atoms with E-state index in [0.29, 0.717) is 0 Å². The molecule has 0 bridgehead atoms. The van der Waals surface area contributed by atoms with Crippen molar-refractivity contribution in [1.29, 1.82) is 0 Å². The van der Waals surface area contributed by atoms with Crippen molar-refractivity contribution in [3.05, 3.63) is 349 Å². The van der Waals surface area contributed by atoms with E-state index in [2.05, 4.69) is 421 Å². The molecule has 0 radical (unpaired) electrons. The van der Waals surface area contributed by atoms with E-state index in [1.807, 2.05) is 0 Å². The number of aromatic nitrogens is 3. The minimum absolute atomic E-state index is 0.0628. The van der Waals surface area contributed by atoms with Gasteiger partial charge in [-0.3, -0.25) is 0 Å². The van der Waals surface area contributed by atoms with Crippen molar-refractivity contribution in [3.8, 4) is 61.6 Å². The van der Waals surface area contributed by atoms with Gasteiger partial charge in [0.1, 0.15) is 0 Å². The summed E-state index contributed by atoms with van der Waals surface area (Å²) in [7, 11) is 0. The molecule has 0 saturated heterocycles. The summed E-state index contributed by atoms with van der Waals surface area (Å²) in [4.78, 5) is 5.29. The third-order valence-corrected chi connectivity index (χ3v) is 27.5. The highest BCUT2D eigenvalue weighted by Gasteiger charge is 2.46. The van der Waals surface area contributed by atoms with Crippen molar-refractivity contribution in [2.24, 2.45) is 0 Å². The average Bonchev–Trinajstić information content (AvgIpc) is 0.876. The van der Waals surface area contributed by atoms with Crippen LogP contribution in [0, 0.1) is 0 Å². The second-order valence-electron chi connectivity index (χ2n) is 37.4. The van der Waals surface area contributed by atoms with E-state index in [-0.39, 0.29) is 33.8 Å². The Morgan fingerprint density at radius 1 is 0.241 bits per heavy atom. The second kappa shape index (κ2) is 25.4. The van der Waals surface area contributed by atoms with Gasteiger partial charge in [-0.15, -0.1) is 0 Å². The van der Waals surface area contributed by atoms with E-state index in [9.17, 15) is 0 Å². The highest BCUT2D eigenvalue weighted by Crippen LogP contribution is 2.53. The second-order valence-corrected chi connectivity index (χ2v) is 37.4. The lowest BCUT2D eigenvalue weighted by Crippen LogP contribution is -2.61. The van der Waals surface area contributed by atoms with Crippen LogP contribution < -0.4 is 26.2 Å². The minimum atomic E-state index is -0.218. The standard InChI is InChI=1S/C110H94BN5/c1-106(2,3)77-42-55-100-88(64-77)85-30-20-23-33-97(85)116(100)82-67-103-105-104(68-82)113(79-45-36-72(37-46-79)76-39-50-90-92(63-76)110(10,11)59-57-108(90,6)7)102-66-81(115-96-32-22-19-29-84(96)87-61-74(41-54-99(87)115)70-26-16-13-17-27-70)48-52-94(102)111(105)93-51-47-80(114-95-31-21-18-28-83(95)86-60-73(40-53-98(86)114)69-24-14-12-15-25-69)65-101(93)112(103)78-43-34-71(35-44-78)75-38-49-89-91(62-75)109(8,9)58-56-107(89,4)5/h12-55,60-68H,56-59H2,1-11H3. The van der Waals surface area contributed by atoms with Crippen molar-refractivity contribution in [1.82, 2.24) is 13.7 Å².